The molecule has 0 spiro atoms. The van der Waals surface area contributed by atoms with Gasteiger partial charge in [-0.3, -0.25) is 4.79 Å². The Bertz CT molecular complexity index is 284. The summed E-state index contributed by atoms with van der Waals surface area (Å²) in [6.07, 6.45) is 5.94. The number of piperidine rings is 2. The smallest absolute Gasteiger partial charge is 0.239 e. The molecule has 2 heterocycles. The molecule has 2 aliphatic heterocycles. The standard InChI is InChI=1S/C13H25N3O2/c1-16-10-4-3-5-11(16)7-9(6-10)15-13(17)12(14)8-18-2/h9-12H,3-8,14H2,1-2H3,(H,15,17). The maximum absolute atomic E-state index is 11.9. The average molecular weight is 255 g/mol. The van der Waals surface area contributed by atoms with Gasteiger partial charge in [-0.1, -0.05) is 6.42 Å². The Balaban J connectivity index is 1.86. The predicted octanol–water partition coefficient (Wildman–Crippen LogP) is 0.0916. The molecule has 0 radical (unpaired) electrons. The van der Waals surface area contributed by atoms with Crippen molar-refractivity contribution in [1.29, 1.82) is 0 Å². The van der Waals surface area contributed by atoms with E-state index < -0.39 is 6.04 Å². The van der Waals surface area contributed by atoms with Crippen LogP contribution >= 0.6 is 0 Å². The highest BCUT2D eigenvalue weighted by Gasteiger charge is 2.36. The van der Waals surface area contributed by atoms with E-state index in [1.807, 2.05) is 0 Å². The summed E-state index contributed by atoms with van der Waals surface area (Å²) in [5.41, 5.74) is 5.74. The first kappa shape index (κ1) is 13.8. The third-order valence-corrected chi connectivity index (χ3v) is 4.37. The maximum atomic E-state index is 11.9. The van der Waals surface area contributed by atoms with Gasteiger partial charge in [0.15, 0.2) is 0 Å². The summed E-state index contributed by atoms with van der Waals surface area (Å²) in [5.74, 6) is -0.0792. The van der Waals surface area contributed by atoms with Crippen LogP contribution < -0.4 is 11.1 Å². The minimum absolute atomic E-state index is 0.0792. The van der Waals surface area contributed by atoms with E-state index in [-0.39, 0.29) is 18.6 Å². The summed E-state index contributed by atoms with van der Waals surface area (Å²) in [6, 6.07) is 0.990. The summed E-state index contributed by atoms with van der Waals surface area (Å²) < 4.78 is 4.91. The Morgan fingerprint density at radius 1 is 1.44 bits per heavy atom. The quantitative estimate of drug-likeness (QED) is 0.747. The zero-order valence-electron chi connectivity index (χ0n) is 11.4. The topological polar surface area (TPSA) is 67.6 Å². The van der Waals surface area contributed by atoms with Crippen molar-refractivity contribution in [2.24, 2.45) is 5.73 Å². The van der Waals surface area contributed by atoms with Crippen molar-refractivity contribution in [3.8, 4) is 0 Å². The molecule has 3 atom stereocenters. The van der Waals surface area contributed by atoms with Crippen molar-refractivity contribution < 1.29 is 9.53 Å². The lowest BCUT2D eigenvalue weighted by atomic mass is 9.82. The Labute approximate surface area is 109 Å². The van der Waals surface area contributed by atoms with E-state index in [4.69, 9.17) is 10.5 Å². The number of amides is 1. The molecule has 3 unspecified atom stereocenters. The van der Waals surface area contributed by atoms with E-state index in [9.17, 15) is 4.79 Å². The molecule has 0 aromatic rings. The first-order chi connectivity index (χ1) is 8.61. The molecular formula is C13H25N3O2. The van der Waals surface area contributed by atoms with Crippen LogP contribution in [0.1, 0.15) is 32.1 Å². The van der Waals surface area contributed by atoms with Crippen LogP contribution in [0.25, 0.3) is 0 Å². The molecule has 5 nitrogen and oxygen atoms in total. The monoisotopic (exact) mass is 255 g/mol. The van der Waals surface area contributed by atoms with Crippen molar-refractivity contribution in [3.05, 3.63) is 0 Å². The summed E-state index contributed by atoms with van der Waals surface area (Å²) in [4.78, 5) is 14.4. The Hall–Kier alpha value is -0.650. The number of nitrogens with zero attached hydrogens (tertiary/aromatic N) is 1. The molecule has 3 N–H and O–H groups in total. The second-order valence-corrected chi connectivity index (χ2v) is 5.64. The average Bonchev–Trinajstić information content (AvgIpc) is 2.30. The number of hydrogen-bond acceptors (Lipinski definition) is 4. The van der Waals surface area contributed by atoms with Gasteiger partial charge in [0.05, 0.1) is 6.61 Å². The largest absolute Gasteiger partial charge is 0.383 e. The van der Waals surface area contributed by atoms with Crippen LogP contribution in [-0.2, 0) is 9.53 Å². The normalized spacial score (nSPS) is 34.1. The van der Waals surface area contributed by atoms with Gasteiger partial charge >= 0.3 is 0 Å². The SMILES string of the molecule is COCC(N)C(=O)NC1CC2CCCC(C1)N2C. The third-order valence-electron chi connectivity index (χ3n) is 4.37. The molecule has 104 valence electrons. The van der Waals surface area contributed by atoms with Crippen LogP contribution in [-0.4, -0.2) is 55.7 Å². The molecule has 2 rings (SSSR count). The van der Waals surface area contributed by atoms with Crippen LogP contribution in [0.5, 0.6) is 0 Å². The number of fused-ring (bicyclic) bond motifs is 2. The Morgan fingerprint density at radius 2 is 2.06 bits per heavy atom. The number of methoxy groups -OCH3 is 1. The van der Waals surface area contributed by atoms with E-state index in [1.165, 1.54) is 19.3 Å². The van der Waals surface area contributed by atoms with Gasteiger partial charge in [-0.15, -0.1) is 0 Å². The fraction of sp³-hybridized carbons (Fsp3) is 0.923. The molecule has 0 aliphatic carbocycles. The van der Waals surface area contributed by atoms with Crippen molar-refractivity contribution in [2.75, 3.05) is 20.8 Å². The van der Waals surface area contributed by atoms with Gasteiger partial charge < -0.3 is 20.7 Å². The van der Waals surface area contributed by atoms with E-state index in [1.54, 1.807) is 7.11 Å². The minimum atomic E-state index is -0.547. The van der Waals surface area contributed by atoms with Gasteiger partial charge in [-0.05, 0) is 32.7 Å². The van der Waals surface area contributed by atoms with Gasteiger partial charge in [0.1, 0.15) is 6.04 Å². The third kappa shape index (κ3) is 3.02. The molecule has 5 heteroatoms. The molecule has 2 saturated heterocycles. The molecular weight excluding hydrogens is 230 g/mol. The first-order valence-electron chi connectivity index (χ1n) is 6.88. The van der Waals surface area contributed by atoms with E-state index in [2.05, 4.69) is 17.3 Å². The van der Waals surface area contributed by atoms with Crippen molar-refractivity contribution in [2.45, 2.75) is 56.3 Å². The molecule has 2 fully saturated rings. The summed E-state index contributed by atoms with van der Waals surface area (Å²) in [7, 11) is 3.77. The van der Waals surface area contributed by atoms with Crippen LogP contribution in [0, 0.1) is 0 Å². The number of carbonyl (C=O) groups excluding carboxylic acids is 1. The molecule has 0 aromatic carbocycles. The molecule has 2 aliphatic rings. The van der Waals surface area contributed by atoms with Crippen molar-refractivity contribution >= 4 is 5.91 Å². The van der Waals surface area contributed by atoms with Gasteiger partial charge in [0.25, 0.3) is 0 Å². The second-order valence-electron chi connectivity index (χ2n) is 5.64. The number of nitrogens with one attached hydrogen (secondary N) is 1. The highest BCUT2D eigenvalue weighted by atomic mass is 16.5. The van der Waals surface area contributed by atoms with Crippen molar-refractivity contribution in [3.63, 3.8) is 0 Å². The number of nitrogens with two attached hydrogens (primary N) is 1. The van der Waals surface area contributed by atoms with Gasteiger partial charge in [-0.25, -0.2) is 0 Å². The summed E-state index contributed by atoms with van der Waals surface area (Å²) in [6.45, 7) is 0.283. The summed E-state index contributed by atoms with van der Waals surface area (Å²) in [5, 5.41) is 3.08. The Morgan fingerprint density at radius 3 is 2.61 bits per heavy atom. The maximum Gasteiger partial charge on any atom is 0.239 e. The van der Waals surface area contributed by atoms with Crippen LogP contribution in [0.4, 0.5) is 0 Å². The number of ether oxygens (including phenoxy) is 1. The zero-order valence-corrected chi connectivity index (χ0v) is 11.4. The van der Waals surface area contributed by atoms with E-state index in [0.717, 1.165) is 12.8 Å². The second kappa shape index (κ2) is 5.99. The fourth-order valence-corrected chi connectivity index (χ4v) is 3.30. The van der Waals surface area contributed by atoms with Gasteiger partial charge in [0, 0.05) is 25.2 Å². The summed E-state index contributed by atoms with van der Waals surface area (Å²) >= 11 is 0. The lowest BCUT2D eigenvalue weighted by molar-refractivity contribution is -0.125. The van der Waals surface area contributed by atoms with Crippen molar-refractivity contribution in [1.82, 2.24) is 10.2 Å². The van der Waals surface area contributed by atoms with Gasteiger partial charge in [0.2, 0.25) is 5.91 Å². The van der Waals surface area contributed by atoms with Gasteiger partial charge in [-0.2, -0.15) is 0 Å². The lowest BCUT2D eigenvalue weighted by Gasteiger charge is -2.47. The highest BCUT2D eigenvalue weighted by Crippen LogP contribution is 2.32. The zero-order chi connectivity index (χ0) is 13.1. The molecule has 1 amide bonds. The minimum Gasteiger partial charge on any atom is -0.383 e. The molecule has 0 aromatic heterocycles. The number of carbonyl (C=O) groups is 1. The van der Waals surface area contributed by atoms with E-state index >= 15 is 0 Å². The van der Waals surface area contributed by atoms with E-state index in [0.29, 0.717) is 12.1 Å². The molecule has 2 bridgehead atoms. The van der Waals surface area contributed by atoms with Crippen LogP contribution in [0.15, 0.2) is 0 Å². The highest BCUT2D eigenvalue weighted by molar-refractivity contribution is 5.81. The lowest BCUT2D eigenvalue weighted by Crippen LogP contribution is -2.57. The molecule has 0 saturated carbocycles. The molecule has 18 heavy (non-hydrogen) atoms. The van der Waals surface area contributed by atoms with Crippen LogP contribution in [0.2, 0.25) is 0 Å². The fourth-order valence-electron chi connectivity index (χ4n) is 3.30. The number of rotatable bonds is 4. The predicted molar refractivity (Wildman–Crippen MR) is 70.2 cm³/mol. The first-order valence-corrected chi connectivity index (χ1v) is 6.88. The number of hydrogen-bond donors (Lipinski definition) is 2. The Kier molecular flexibility index (Phi) is 4.59. The van der Waals surface area contributed by atoms with Crippen LogP contribution in [0.3, 0.4) is 0 Å².